The largest absolute Gasteiger partial charge is 0.491 e. The smallest absolute Gasteiger partial charge is 0.305 e. The minimum atomic E-state index is -0.241. The van der Waals surface area contributed by atoms with Gasteiger partial charge in [0, 0.05) is 37.7 Å². The van der Waals surface area contributed by atoms with Gasteiger partial charge in [-0.25, -0.2) is 0 Å². The summed E-state index contributed by atoms with van der Waals surface area (Å²) >= 11 is 0. The third-order valence-corrected chi connectivity index (χ3v) is 5.35. The van der Waals surface area contributed by atoms with Gasteiger partial charge in [-0.15, -0.1) is 0 Å². The van der Waals surface area contributed by atoms with Gasteiger partial charge < -0.3 is 19.1 Å². The van der Waals surface area contributed by atoms with Crippen LogP contribution in [-0.2, 0) is 19.1 Å². The molecule has 0 aliphatic rings. The molecule has 186 valence electrons. The Hall–Kier alpha value is -2.64. The van der Waals surface area contributed by atoms with Gasteiger partial charge in [0.1, 0.15) is 0 Å². The highest BCUT2D eigenvalue weighted by molar-refractivity contribution is 5.69. The number of hydrogen-bond acceptors (Lipinski definition) is 7. The molecule has 1 atom stereocenters. The second kappa shape index (κ2) is 14.5. The zero-order chi connectivity index (χ0) is 24.9. The first-order chi connectivity index (χ1) is 15.6. The van der Waals surface area contributed by atoms with Crippen LogP contribution in [0.5, 0.6) is 5.75 Å². The Morgan fingerprint density at radius 2 is 1.64 bits per heavy atom. The molecule has 0 aromatic heterocycles. The molecule has 0 bridgehead atoms. The maximum Gasteiger partial charge on any atom is 0.305 e. The van der Waals surface area contributed by atoms with Gasteiger partial charge in [0.05, 0.1) is 20.8 Å². The van der Waals surface area contributed by atoms with Crippen molar-refractivity contribution in [3.05, 3.63) is 18.2 Å². The molecule has 0 heterocycles. The van der Waals surface area contributed by atoms with Crippen molar-refractivity contribution in [2.24, 2.45) is 16.4 Å². The van der Waals surface area contributed by atoms with E-state index in [1.165, 1.54) is 14.2 Å². The number of methoxy groups -OCH3 is 2. The molecule has 8 nitrogen and oxygen atoms in total. The molecule has 0 spiro atoms. The van der Waals surface area contributed by atoms with Crippen molar-refractivity contribution in [1.29, 1.82) is 0 Å². The van der Waals surface area contributed by atoms with Crippen LogP contribution in [0.25, 0.3) is 0 Å². The van der Waals surface area contributed by atoms with Gasteiger partial charge in [-0.2, -0.15) is 5.53 Å². The fourth-order valence-corrected chi connectivity index (χ4v) is 3.84. The number of carbonyl (C=O) groups is 2. The summed E-state index contributed by atoms with van der Waals surface area (Å²) in [7, 11) is 2.77. The minimum Gasteiger partial charge on any atom is -0.491 e. The van der Waals surface area contributed by atoms with Crippen molar-refractivity contribution in [2.75, 3.05) is 38.8 Å². The predicted octanol–water partition coefficient (Wildman–Crippen LogP) is 4.08. The van der Waals surface area contributed by atoms with E-state index in [-0.39, 0.29) is 17.4 Å². The number of hydrogen-bond donors (Lipinski definition) is 1. The molecule has 33 heavy (non-hydrogen) atoms. The molecule has 0 saturated heterocycles. The van der Waals surface area contributed by atoms with Crippen LogP contribution in [-0.4, -0.2) is 45.9 Å². The van der Waals surface area contributed by atoms with Crippen molar-refractivity contribution in [3.63, 3.8) is 0 Å². The van der Waals surface area contributed by atoms with E-state index in [0.717, 1.165) is 18.5 Å². The van der Waals surface area contributed by atoms with Crippen LogP contribution >= 0.6 is 0 Å². The summed E-state index contributed by atoms with van der Waals surface area (Å²) in [6.45, 7) is 10.8. The average molecular weight is 465 g/mol. The van der Waals surface area contributed by atoms with Crippen LogP contribution in [0.2, 0.25) is 0 Å². The van der Waals surface area contributed by atoms with E-state index in [1.54, 1.807) is 0 Å². The quantitative estimate of drug-likeness (QED) is 0.310. The zero-order valence-corrected chi connectivity index (χ0v) is 21.2. The zero-order valence-electron chi connectivity index (χ0n) is 21.2. The number of nitrogens with two attached hydrogens (primary N) is 1. The van der Waals surface area contributed by atoms with Gasteiger partial charge in [0.25, 0.3) is 0 Å². The number of anilines is 1. The van der Waals surface area contributed by atoms with Crippen molar-refractivity contribution in [1.82, 2.24) is 0 Å². The van der Waals surface area contributed by atoms with Crippen molar-refractivity contribution >= 4 is 23.3 Å². The first-order valence-electron chi connectivity index (χ1n) is 11.7. The lowest BCUT2D eigenvalue weighted by molar-refractivity contribution is -0.210. The summed E-state index contributed by atoms with van der Waals surface area (Å²) in [5.41, 5.74) is 7.38. The number of esters is 2. The summed E-state index contributed by atoms with van der Waals surface area (Å²) in [5, 5.41) is 3.86. The summed E-state index contributed by atoms with van der Waals surface area (Å²) in [6.07, 6.45) is 3.99. The number of ether oxygens (including phenoxy) is 3. The maximum absolute atomic E-state index is 11.5. The number of nitrogens with zero attached hydrogens (tertiary/aromatic N) is 2. The summed E-state index contributed by atoms with van der Waals surface area (Å²) in [4.78, 5) is 25.2. The van der Waals surface area contributed by atoms with Crippen LogP contribution < -0.4 is 15.2 Å². The number of rotatable bonds is 15. The molecular weight excluding hydrogens is 422 g/mol. The van der Waals surface area contributed by atoms with E-state index < -0.39 is 0 Å². The van der Waals surface area contributed by atoms with Gasteiger partial charge in [0.2, 0.25) is 0 Å². The first-order valence-corrected chi connectivity index (χ1v) is 11.7. The molecule has 2 N–H and O–H groups in total. The Morgan fingerprint density at radius 3 is 2.12 bits per heavy atom. The lowest BCUT2D eigenvalue weighted by Crippen LogP contribution is -2.27. The molecule has 0 amide bonds. The number of benzene rings is 1. The number of carbonyl (C=O) groups excluding carboxylic acids is 2. The summed E-state index contributed by atoms with van der Waals surface area (Å²) in [5.74, 6) is 0.689. The Morgan fingerprint density at radius 1 is 1.06 bits per heavy atom. The Labute approximate surface area is 198 Å². The molecule has 1 aromatic carbocycles. The Balaban J connectivity index is 2.88. The molecule has 0 fully saturated rings. The highest BCUT2D eigenvalue weighted by atomic mass is 16.5. The molecule has 1 rings (SSSR count). The predicted molar refractivity (Wildman–Crippen MR) is 129 cm³/mol. The highest BCUT2D eigenvalue weighted by Crippen LogP contribution is 2.33. The van der Waals surface area contributed by atoms with Crippen LogP contribution in [0.15, 0.2) is 23.3 Å². The molecule has 0 aliphatic heterocycles. The third-order valence-electron chi connectivity index (χ3n) is 5.35. The van der Waals surface area contributed by atoms with Crippen LogP contribution in [0.4, 0.5) is 11.4 Å². The van der Waals surface area contributed by atoms with Gasteiger partial charge >= 0.3 is 11.9 Å². The van der Waals surface area contributed by atoms with E-state index in [0.29, 0.717) is 62.7 Å². The molecule has 1 aromatic rings. The molecular formula is C25H42N3O5+. The van der Waals surface area contributed by atoms with E-state index >= 15 is 0 Å². The van der Waals surface area contributed by atoms with Gasteiger partial charge in [-0.3, -0.25) is 9.59 Å². The Bertz CT molecular complexity index is 739. The monoisotopic (exact) mass is 464 g/mol. The van der Waals surface area contributed by atoms with Gasteiger partial charge in [-0.05, 0) is 54.3 Å². The lowest BCUT2D eigenvalue weighted by atomic mass is 9.84. The molecule has 1 unspecified atom stereocenters. The molecule has 8 heteroatoms. The van der Waals surface area contributed by atoms with Crippen molar-refractivity contribution < 1.29 is 29.3 Å². The topological polar surface area (TPSA) is 103 Å². The van der Waals surface area contributed by atoms with Crippen LogP contribution in [0.1, 0.15) is 66.2 Å². The minimum absolute atomic E-state index is 0.241. The average Bonchev–Trinajstić information content (AvgIpc) is 2.76. The van der Waals surface area contributed by atoms with Crippen molar-refractivity contribution in [3.8, 4) is 5.75 Å². The highest BCUT2D eigenvalue weighted by Gasteiger charge is 2.17. The third kappa shape index (κ3) is 11.7. The van der Waals surface area contributed by atoms with Crippen LogP contribution in [0, 0.1) is 11.3 Å². The standard InChI is InChI=1S/C25H41N3O5/c1-19(18-25(2,3)4)13-16-33-22-17-20(11-12-21(22)27-26)28(14-7-9-23(29)31-5)15-8-10-24(30)32-6/h11-12,17,19,26H,7-10,13-16,18H2,1-6H3/p+1. The van der Waals surface area contributed by atoms with Gasteiger partial charge in [0.15, 0.2) is 11.4 Å². The van der Waals surface area contributed by atoms with Crippen LogP contribution in [0.3, 0.4) is 0 Å². The van der Waals surface area contributed by atoms with Gasteiger partial charge in [-0.1, -0.05) is 27.7 Å². The second-order valence-corrected chi connectivity index (χ2v) is 9.63. The second-order valence-electron chi connectivity index (χ2n) is 9.63. The fourth-order valence-electron chi connectivity index (χ4n) is 3.84. The molecule has 0 aliphatic carbocycles. The van der Waals surface area contributed by atoms with E-state index in [2.05, 4.69) is 37.7 Å². The lowest BCUT2D eigenvalue weighted by Gasteiger charge is -2.26. The molecule has 0 radical (unpaired) electrons. The van der Waals surface area contributed by atoms with E-state index in [1.807, 2.05) is 18.2 Å². The summed E-state index contributed by atoms with van der Waals surface area (Å²) in [6, 6.07) is 5.68. The SMILES string of the molecule is COC(=O)CCCN(CCCC(=O)OC)c1ccc(N=[NH2+])c(OCCC(C)CC(C)(C)C)c1. The maximum atomic E-state index is 11.5. The summed E-state index contributed by atoms with van der Waals surface area (Å²) < 4.78 is 15.6. The van der Waals surface area contributed by atoms with E-state index in [4.69, 9.17) is 19.7 Å². The molecule has 0 saturated carbocycles. The van der Waals surface area contributed by atoms with E-state index in [9.17, 15) is 9.59 Å². The fraction of sp³-hybridized carbons (Fsp3) is 0.680. The van der Waals surface area contributed by atoms with Crippen molar-refractivity contribution in [2.45, 2.75) is 66.2 Å². The first kappa shape index (κ1) is 28.4. The Kier molecular flexibility index (Phi) is 12.5. The normalized spacial score (nSPS) is 12.1.